The van der Waals surface area contributed by atoms with Crippen molar-refractivity contribution < 1.29 is 17.6 Å². The second kappa shape index (κ2) is 13.1. The Morgan fingerprint density at radius 2 is 1.88 bits per heavy atom. The number of likely N-dealkylation sites (tertiary alicyclic amines) is 2. The standard InChI is InChI=1S/C31H38FN7O3S/c1-22(36-43(2,41)42)19-23(8-13-33)21-37-15-9-24(10-16-37)31(40)38-17-11-26(12-18-38)39-29-7-6-25(32)20-28(29)35-30(39)27-5-3-4-14-34-27/h3-8,13-14,19-20,24,26,36H,1,9-12,15-18,21,33H2,2H3/b13-8-,23-19+. The number of piperidine rings is 2. The van der Waals surface area contributed by atoms with Gasteiger partial charge >= 0.3 is 0 Å². The maximum absolute atomic E-state index is 14.0. The Labute approximate surface area is 251 Å². The molecule has 1 amide bonds. The molecule has 0 saturated carbocycles. The summed E-state index contributed by atoms with van der Waals surface area (Å²) in [4.78, 5) is 27.0. The maximum atomic E-state index is 14.0. The average molecular weight is 608 g/mol. The summed E-state index contributed by atoms with van der Waals surface area (Å²) in [5.74, 6) is 0.554. The van der Waals surface area contributed by atoms with Crippen molar-refractivity contribution in [2.45, 2.75) is 31.7 Å². The zero-order valence-electron chi connectivity index (χ0n) is 24.3. The SMILES string of the molecule is C=C(/C=C(\C=C/N)CN1CCC(C(=O)N2CCC(n3c(-c4ccccn4)nc4cc(F)ccc43)CC2)CC1)NS(C)(=O)=O. The fourth-order valence-electron chi connectivity index (χ4n) is 6.08. The number of hydrogen-bond donors (Lipinski definition) is 2. The minimum Gasteiger partial charge on any atom is -0.405 e. The number of benzene rings is 1. The molecule has 3 aromatic rings. The van der Waals surface area contributed by atoms with E-state index in [0.29, 0.717) is 31.0 Å². The van der Waals surface area contributed by atoms with E-state index in [1.807, 2.05) is 23.1 Å². The molecule has 1 aromatic carbocycles. The molecule has 0 bridgehead atoms. The van der Waals surface area contributed by atoms with E-state index in [4.69, 9.17) is 10.7 Å². The molecular weight excluding hydrogens is 569 g/mol. The van der Waals surface area contributed by atoms with E-state index >= 15 is 0 Å². The van der Waals surface area contributed by atoms with Gasteiger partial charge in [0.15, 0.2) is 5.82 Å². The number of aromatic nitrogens is 3. The van der Waals surface area contributed by atoms with Crippen molar-refractivity contribution in [1.82, 2.24) is 29.1 Å². The predicted octanol–water partition coefficient (Wildman–Crippen LogP) is 3.57. The average Bonchev–Trinajstić information content (AvgIpc) is 3.35. The molecule has 10 nitrogen and oxygen atoms in total. The Kier molecular flexibility index (Phi) is 9.26. The molecule has 0 unspecified atom stereocenters. The molecule has 5 rings (SSSR count). The Balaban J connectivity index is 1.19. The van der Waals surface area contributed by atoms with Crippen LogP contribution in [-0.4, -0.2) is 77.6 Å². The number of carbonyl (C=O) groups is 1. The van der Waals surface area contributed by atoms with Crippen molar-refractivity contribution in [3.8, 4) is 11.5 Å². The topological polar surface area (TPSA) is 126 Å². The molecule has 0 aliphatic carbocycles. The van der Waals surface area contributed by atoms with Crippen LogP contribution in [0.2, 0.25) is 0 Å². The van der Waals surface area contributed by atoms with E-state index in [-0.39, 0.29) is 29.4 Å². The van der Waals surface area contributed by atoms with Gasteiger partial charge in [-0.1, -0.05) is 12.6 Å². The number of fused-ring (bicyclic) bond motifs is 1. The Morgan fingerprint density at radius 3 is 2.53 bits per heavy atom. The highest BCUT2D eigenvalue weighted by molar-refractivity contribution is 7.88. The van der Waals surface area contributed by atoms with Crippen molar-refractivity contribution in [2.75, 3.05) is 39.0 Å². The fraction of sp³-hybridized carbons (Fsp3) is 0.387. The lowest BCUT2D eigenvalue weighted by molar-refractivity contribution is -0.138. The molecule has 0 radical (unpaired) electrons. The lowest BCUT2D eigenvalue weighted by Gasteiger charge is -2.38. The summed E-state index contributed by atoms with van der Waals surface area (Å²) < 4.78 is 41.6. The molecular formula is C31H38FN7O3S. The van der Waals surface area contributed by atoms with E-state index in [2.05, 4.69) is 25.8 Å². The zero-order chi connectivity index (χ0) is 30.6. The normalized spacial score (nSPS) is 18.0. The first-order valence-corrected chi connectivity index (χ1v) is 16.4. The lowest BCUT2D eigenvalue weighted by Crippen LogP contribution is -2.46. The quantitative estimate of drug-likeness (QED) is 0.356. The fourth-order valence-corrected chi connectivity index (χ4v) is 6.61. The first-order valence-electron chi connectivity index (χ1n) is 14.5. The summed E-state index contributed by atoms with van der Waals surface area (Å²) in [6.45, 7) is 7.14. The third kappa shape index (κ3) is 7.49. The van der Waals surface area contributed by atoms with E-state index in [0.717, 1.165) is 61.8 Å². The number of allylic oxidation sites excluding steroid dienone is 1. The van der Waals surface area contributed by atoms with Gasteiger partial charge in [-0.3, -0.25) is 19.4 Å². The Bertz CT molecular complexity index is 1640. The Morgan fingerprint density at radius 1 is 1.14 bits per heavy atom. The summed E-state index contributed by atoms with van der Waals surface area (Å²) in [6, 6.07) is 10.5. The van der Waals surface area contributed by atoms with E-state index in [1.54, 1.807) is 24.4 Å². The number of sulfonamides is 1. The summed E-state index contributed by atoms with van der Waals surface area (Å²) in [5, 5.41) is 0. The first kappa shape index (κ1) is 30.4. The van der Waals surface area contributed by atoms with Gasteiger partial charge in [-0.2, -0.15) is 0 Å². The molecule has 0 atom stereocenters. The van der Waals surface area contributed by atoms with Crippen LogP contribution < -0.4 is 10.5 Å². The molecule has 0 spiro atoms. The van der Waals surface area contributed by atoms with Gasteiger partial charge in [0.25, 0.3) is 0 Å². The molecule has 228 valence electrons. The summed E-state index contributed by atoms with van der Waals surface area (Å²) in [7, 11) is -3.41. The molecule has 2 aliphatic rings. The van der Waals surface area contributed by atoms with Crippen LogP contribution in [0.15, 0.2) is 78.8 Å². The molecule has 2 aromatic heterocycles. The number of amides is 1. The third-order valence-electron chi connectivity index (χ3n) is 8.02. The molecule has 12 heteroatoms. The zero-order valence-corrected chi connectivity index (χ0v) is 25.1. The molecule has 43 heavy (non-hydrogen) atoms. The van der Waals surface area contributed by atoms with Gasteiger partial charge in [-0.15, -0.1) is 0 Å². The number of carbonyl (C=O) groups excluding carboxylic acids is 1. The monoisotopic (exact) mass is 607 g/mol. The first-order chi connectivity index (χ1) is 20.6. The smallest absolute Gasteiger partial charge is 0.229 e. The number of hydrogen-bond acceptors (Lipinski definition) is 7. The van der Waals surface area contributed by atoms with Crippen LogP contribution >= 0.6 is 0 Å². The van der Waals surface area contributed by atoms with Gasteiger partial charge < -0.3 is 15.2 Å². The predicted molar refractivity (Wildman–Crippen MR) is 165 cm³/mol. The largest absolute Gasteiger partial charge is 0.405 e. The number of imidazole rings is 1. The third-order valence-corrected chi connectivity index (χ3v) is 8.65. The molecule has 2 aliphatic heterocycles. The van der Waals surface area contributed by atoms with Gasteiger partial charge in [-0.05, 0) is 87.0 Å². The minimum absolute atomic E-state index is 0.0340. The van der Waals surface area contributed by atoms with Gasteiger partial charge in [0.05, 0.1) is 17.3 Å². The van der Waals surface area contributed by atoms with Crippen LogP contribution in [0.5, 0.6) is 0 Å². The second-order valence-corrected chi connectivity index (χ2v) is 13.0. The number of nitrogens with two attached hydrogens (primary N) is 1. The highest BCUT2D eigenvalue weighted by Gasteiger charge is 2.32. The molecule has 4 heterocycles. The van der Waals surface area contributed by atoms with Crippen LogP contribution in [0.25, 0.3) is 22.6 Å². The van der Waals surface area contributed by atoms with Crippen molar-refractivity contribution in [3.63, 3.8) is 0 Å². The van der Waals surface area contributed by atoms with Gasteiger partial charge in [-0.25, -0.2) is 17.8 Å². The number of nitrogens with one attached hydrogen (secondary N) is 1. The van der Waals surface area contributed by atoms with Crippen molar-refractivity contribution in [1.29, 1.82) is 0 Å². The van der Waals surface area contributed by atoms with Crippen LogP contribution in [0, 0.1) is 11.7 Å². The van der Waals surface area contributed by atoms with Gasteiger partial charge in [0.1, 0.15) is 11.5 Å². The minimum atomic E-state index is -3.41. The number of halogens is 1. The van der Waals surface area contributed by atoms with E-state index in [9.17, 15) is 17.6 Å². The molecule has 2 saturated heterocycles. The van der Waals surface area contributed by atoms with Gasteiger partial charge in [0.2, 0.25) is 15.9 Å². The van der Waals surface area contributed by atoms with Crippen LogP contribution in [0.3, 0.4) is 0 Å². The van der Waals surface area contributed by atoms with Crippen molar-refractivity contribution in [3.05, 3.63) is 84.6 Å². The lowest BCUT2D eigenvalue weighted by atomic mass is 9.93. The summed E-state index contributed by atoms with van der Waals surface area (Å²) in [5.41, 5.74) is 8.92. The second-order valence-electron chi connectivity index (χ2n) is 11.2. The highest BCUT2D eigenvalue weighted by Crippen LogP contribution is 2.34. The molecule has 2 fully saturated rings. The molecule has 3 N–H and O–H groups in total. The van der Waals surface area contributed by atoms with Crippen LogP contribution in [-0.2, 0) is 14.8 Å². The van der Waals surface area contributed by atoms with Gasteiger partial charge in [0, 0.05) is 49.6 Å². The Hall–Kier alpha value is -4.03. The maximum Gasteiger partial charge on any atom is 0.229 e. The van der Waals surface area contributed by atoms with Crippen molar-refractivity contribution >= 4 is 27.0 Å². The van der Waals surface area contributed by atoms with E-state index < -0.39 is 10.0 Å². The highest BCUT2D eigenvalue weighted by atomic mass is 32.2. The summed E-state index contributed by atoms with van der Waals surface area (Å²) in [6.07, 6.45) is 10.7. The number of nitrogens with zero attached hydrogens (tertiary/aromatic N) is 5. The number of rotatable bonds is 9. The number of pyridine rings is 1. The van der Waals surface area contributed by atoms with Crippen molar-refractivity contribution in [2.24, 2.45) is 11.7 Å². The van der Waals surface area contributed by atoms with E-state index in [1.165, 1.54) is 18.3 Å². The summed E-state index contributed by atoms with van der Waals surface area (Å²) >= 11 is 0. The van der Waals surface area contributed by atoms with Crippen LogP contribution in [0.1, 0.15) is 31.7 Å². The van der Waals surface area contributed by atoms with Crippen LogP contribution in [0.4, 0.5) is 4.39 Å².